The number of rotatable bonds is 6. The summed E-state index contributed by atoms with van der Waals surface area (Å²) in [5.41, 5.74) is 2.19. The number of pyridine rings is 2. The van der Waals surface area contributed by atoms with Crippen molar-refractivity contribution in [1.82, 2.24) is 9.97 Å². The number of carbonyl (C=O) groups is 1. The molecule has 1 saturated heterocycles. The highest BCUT2D eigenvalue weighted by Gasteiger charge is 2.20. The first-order valence-electron chi connectivity index (χ1n) is 10.2. The molecule has 0 atom stereocenters. The van der Waals surface area contributed by atoms with Gasteiger partial charge in [0.15, 0.2) is 5.82 Å². The molecular formula is C23H23ClFN5O2. The Morgan fingerprint density at radius 2 is 1.91 bits per heavy atom. The highest BCUT2D eigenvalue weighted by molar-refractivity contribution is 6.29. The van der Waals surface area contributed by atoms with E-state index >= 15 is 0 Å². The number of benzene rings is 1. The van der Waals surface area contributed by atoms with Gasteiger partial charge in [0.2, 0.25) is 5.91 Å². The lowest BCUT2D eigenvalue weighted by Crippen LogP contribution is -2.37. The van der Waals surface area contributed by atoms with E-state index in [4.69, 9.17) is 21.3 Å². The molecule has 0 radical (unpaired) electrons. The molecule has 0 saturated carbocycles. The fourth-order valence-corrected chi connectivity index (χ4v) is 3.54. The number of nitrogens with one attached hydrogen (secondary N) is 1. The van der Waals surface area contributed by atoms with E-state index in [0.29, 0.717) is 48.8 Å². The van der Waals surface area contributed by atoms with Gasteiger partial charge >= 0.3 is 0 Å². The first-order chi connectivity index (χ1) is 15.5. The van der Waals surface area contributed by atoms with Crippen molar-refractivity contribution in [1.29, 1.82) is 0 Å². The predicted octanol–water partition coefficient (Wildman–Crippen LogP) is 4.05. The van der Waals surface area contributed by atoms with Crippen LogP contribution >= 0.6 is 11.6 Å². The summed E-state index contributed by atoms with van der Waals surface area (Å²) >= 11 is 5.82. The van der Waals surface area contributed by atoms with E-state index in [1.807, 2.05) is 24.1 Å². The van der Waals surface area contributed by atoms with Crippen LogP contribution in [0.25, 0.3) is 0 Å². The van der Waals surface area contributed by atoms with Crippen molar-refractivity contribution in [3.05, 3.63) is 71.3 Å². The monoisotopic (exact) mass is 455 g/mol. The number of morpholine rings is 1. The molecule has 0 aliphatic carbocycles. The summed E-state index contributed by atoms with van der Waals surface area (Å²) in [6.45, 7) is 2.51. The van der Waals surface area contributed by atoms with Gasteiger partial charge in [-0.1, -0.05) is 17.7 Å². The summed E-state index contributed by atoms with van der Waals surface area (Å²) < 4.78 is 18.8. The Bertz CT molecular complexity index is 1070. The van der Waals surface area contributed by atoms with Crippen LogP contribution in [0.4, 0.5) is 27.4 Å². The third-order valence-electron chi connectivity index (χ3n) is 5.16. The van der Waals surface area contributed by atoms with Crippen LogP contribution in [0.15, 0.2) is 54.7 Å². The smallest absolute Gasteiger partial charge is 0.228 e. The number of halogens is 2. The van der Waals surface area contributed by atoms with E-state index in [2.05, 4.69) is 15.2 Å². The van der Waals surface area contributed by atoms with Gasteiger partial charge in [-0.25, -0.2) is 14.4 Å². The normalized spacial score (nSPS) is 13.7. The highest BCUT2D eigenvalue weighted by atomic mass is 35.5. The maximum Gasteiger partial charge on any atom is 0.228 e. The van der Waals surface area contributed by atoms with E-state index in [1.54, 1.807) is 30.5 Å². The number of hydrogen-bond donors (Lipinski definition) is 1. The lowest BCUT2D eigenvalue weighted by Gasteiger charge is -2.30. The van der Waals surface area contributed by atoms with E-state index in [1.165, 1.54) is 12.1 Å². The van der Waals surface area contributed by atoms with Crippen LogP contribution in [0.2, 0.25) is 5.15 Å². The summed E-state index contributed by atoms with van der Waals surface area (Å²) in [5.74, 6) is 0.878. The predicted molar refractivity (Wildman–Crippen MR) is 123 cm³/mol. The molecule has 1 N–H and O–H groups in total. The molecule has 1 aliphatic rings. The Hall–Kier alpha value is -3.23. The first kappa shape index (κ1) is 22.0. The SMILES string of the molecule is CN(c1ccc(F)cc1)c1ccc(NC(=O)Cc2ccc(Cl)nc2)c(N2CCOCC2)n1. The number of ether oxygens (including phenoxy) is 1. The second kappa shape index (κ2) is 9.93. The third kappa shape index (κ3) is 5.33. The Morgan fingerprint density at radius 1 is 1.16 bits per heavy atom. The van der Waals surface area contributed by atoms with E-state index in [-0.39, 0.29) is 18.1 Å². The molecule has 9 heteroatoms. The highest BCUT2D eigenvalue weighted by Crippen LogP contribution is 2.30. The summed E-state index contributed by atoms with van der Waals surface area (Å²) in [7, 11) is 1.87. The molecular weight excluding hydrogens is 433 g/mol. The van der Waals surface area contributed by atoms with Crippen LogP contribution in [0, 0.1) is 5.82 Å². The van der Waals surface area contributed by atoms with E-state index < -0.39 is 0 Å². The Morgan fingerprint density at radius 3 is 2.59 bits per heavy atom. The van der Waals surface area contributed by atoms with Gasteiger partial charge in [0, 0.05) is 32.0 Å². The minimum absolute atomic E-state index is 0.171. The molecule has 3 aromatic rings. The molecule has 0 unspecified atom stereocenters. The molecule has 4 rings (SSSR count). The molecule has 1 aromatic carbocycles. The van der Waals surface area contributed by atoms with Crippen molar-refractivity contribution >= 4 is 40.5 Å². The topological polar surface area (TPSA) is 70.6 Å². The molecule has 3 heterocycles. The standard InChI is InChI=1S/C23H23ClFN5O2/c1-29(18-5-3-17(25)4-6-18)21-9-7-19(23(28-21)30-10-12-32-13-11-30)27-22(31)14-16-2-8-20(24)26-15-16/h2-9,15H,10-14H2,1H3,(H,27,31). The summed E-state index contributed by atoms with van der Waals surface area (Å²) in [6.07, 6.45) is 1.76. The molecule has 166 valence electrons. The van der Waals surface area contributed by atoms with Crippen LogP contribution in [0.1, 0.15) is 5.56 Å². The molecule has 1 fully saturated rings. The van der Waals surface area contributed by atoms with E-state index in [0.717, 1.165) is 11.3 Å². The van der Waals surface area contributed by atoms with Crippen molar-refractivity contribution < 1.29 is 13.9 Å². The van der Waals surface area contributed by atoms with Gasteiger partial charge in [-0.2, -0.15) is 0 Å². The van der Waals surface area contributed by atoms with Crippen molar-refractivity contribution in [3.8, 4) is 0 Å². The zero-order chi connectivity index (χ0) is 22.5. The first-order valence-corrected chi connectivity index (χ1v) is 10.6. The van der Waals surface area contributed by atoms with Crippen molar-refractivity contribution in [2.45, 2.75) is 6.42 Å². The van der Waals surface area contributed by atoms with Crippen molar-refractivity contribution in [2.24, 2.45) is 0 Å². The Kier molecular flexibility index (Phi) is 6.82. The van der Waals surface area contributed by atoms with Gasteiger partial charge in [0.1, 0.15) is 16.8 Å². The lowest BCUT2D eigenvalue weighted by atomic mass is 10.2. The summed E-state index contributed by atoms with van der Waals surface area (Å²) in [5, 5.41) is 3.35. The van der Waals surface area contributed by atoms with Gasteiger partial charge in [-0.3, -0.25) is 4.79 Å². The van der Waals surface area contributed by atoms with Crippen LogP contribution in [0.3, 0.4) is 0 Å². The minimum Gasteiger partial charge on any atom is -0.378 e. The lowest BCUT2D eigenvalue weighted by molar-refractivity contribution is -0.115. The van der Waals surface area contributed by atoms with Gasteiger partial charge in [0.05, 0.1) is 25.3 Å². The van der Waals surface area contributed by atoms with Crippen molar-refractivity contribution in [2.75, 3.05) is 48.5 Å². The quantitative estimate of drug-likeness (QED) is 0.565. The van der Waals surface area contributed by atoms with Gasteiger partial charge < -0.3 is 19.9 Å². The molecule has 0 bridgehead atoms. The van der Waals surface area contributed by atoms with Gasteiger partial charge in [-0.15, -0.1) is 0 Å². The Labute approximate surface area is 190 Å². The Balaban J connectivity index is 1.58. The zero-order valence-corrected chi connectivity index (χ0v) is 18.3. The van der Waals surface area contributed by atoms with Crippen molar-refractivity contribution in [3.63, 3.8) is 0 Å². The molecule has 7 nitrogen and oxygen atoms in total. The average molecular weight is 456 g/mol. The average Bonchev–Trinajstić information content (AvgIpc) is 2.81. The van der Waals surface area contributed by atoms with E-state index in [9.17, 15) is 9.18 Å². The van der Waals surface area contributed by atoms with Crippen LogP contribution in [0.5, 0.6) is 0 Å². The third-order valence-corrected chi connectivity index (χ3v) is 5.38. The van der Waals surface area contributed by atoms with Gasteiger partial charge in [-0.05, 0) is 48.0 Å². The number of hydrogen-bond acceptors (Lipinski definition) is 6. The van der Waals surface area contributed by atoms with Crippen LogP contribution in [-0.4, -0.2) is 49.2 Å². The van der Waals surface area contributed by atoms with Crippen LogP contribution < -0.4 is 15.1 Å². The largest absolute Gasteiger partial charge is 0.378 e. The molecule has 1 aliphatic heterocycles. The number of aromatic nitrogens is 2. The maximum atomic E-state index is 13.3. The minimum atomic E-state index is -0.293. The number of anilines is 4. The second-order valence-corrected chi connectivity index (χ2v) is 7.78. The van der Waals surface area contributed by atoms with Crippen LogP contribution in [-0.2, 0) is 16.0 Å². The zero-order valence-electron chi connectivity index (χ0n) is 17.6. The molecule has 2 aromatic heterocycles. The molecule has 0 spiro atoms. The second-order valence-electron chi connectivity index (χ2n) is 7.39. The maximum absolute atomic E-state index is 13.3. The summed E-state index contributed by atoms with van der Waals surface area (Å²) in [4.78, 5) is 25.5. The molecule has 1 amide bonds. The number of amides is 1. The fourth-order valence-electron chi connectivity index (χ4n) is 3.43. The van der Waals surface area contributed by atoms with Gasteiger partial charge in [0.25, 0.3) is 0 Å². The number of nitrogens with zero attached hydrogens (tertiary/aromatic N) is 4. The fraction of sp³-hybridized carbons (Fsp3) is 0.261. The molecule has 32 heavy (non-hydrogen) atoms. The number of carbonyl (C=O) groups excluding carboxylic acids is 1. The summed E-state index contributed by atoms with van der Waals surface area (Å²) in [6, 6.07) is 13.3.